The van der Waals surface area contributed by atoms with Crippen molar-refractivity contribution >= 4 is 17.5 Å². The molecular formula is C32H48N6O2. The maximum Gasteiger partial charge on any atom is 0.223 e. The van der Waals surface area contributed by atoms with Crippen molar-refractivity contribution in [3.8, 4) is 11.3 Å². The summed E-state index contributed by atoms with van der Waals surface area (Å²) in [6.45, 7) is 8.72. The molecule has 8 heteroatoms. The molecule has 0 bridgehead atoms. The molecule has 8 nitrogen and oxygen atoms in total. The fraction of sp³-hybridized carbons (Fsp3) is 0.688. The zero-order valence-corrected chi connectivity index (χ0v) is 24.2. The second-order valence-electron chi connectivity index (χ2n) is 12.4. The molecule has 0 spiro atoms. The van der Waals surface area contributed by atoms with Crippen LogP contribution in [0.1, 0.15) is 64.2 Å². The topological polar surface area (TPSA) is 76.7 Å². The summed E-state index contributed by atoms with van der Waals surface area (Å²) in [4.78, 5) is 28.6. The van der Waals surface area contributed by atoms with Crippen LogP contribution in [-0.4, -0.2) is 85.8 Å². The first-order valence-corrected chi connectivity index (χ1v) is 16.0. The molecule has 4 heterocycles. The molecule has 2 aromatic rings. The molecule has 1 amide bonds. The summed E-state index contributed by atoms with van der Waals surface area (Å²) in [7, 11) is 0. The van der Waals surface area contributed by atoms with Crippen molar-refractivity contribution in [2.45, 2.75) is 70.3 Å². The molecule has 4 fully saturated rings. The lowest BCUT2D eigenvalue weighted by molar-refractivity contribution is -0.126. The average Bonchev–Trinajstić information content (AvgIpc) is 3.57. The van der Waals surface area contributed by atoms with Gasteiger partial charge in [-0.2, -0.15) is 0 Å². The highest BCUT2D eigenvalue weighted by Crippen LogP contribution is 2.31. The van der Waals surface area contributed by atoms with E-state index < -0.39 is 0 Å². The largest absolute Gasteiger partial charge is 0.378 e. The summed E-state index contributed by atoms with van der Waals surface area (Å²) < 4.78 is 5.58. The second kappa shape index (κ2) is 13.4. The van der Waals surface area contributed by atoms with Gasteiger partial charge in [0.1, 0.15) is 11.6 Å². The average molecular weight is 549 g/mol. The fourth-order valence-corrected chi connectivity index (χ4v) is 7.13. The third kappa shape index (κ3) is 7.00. The smallest absolute Gasteiger partial charge is 0.223 e. The van der Waals surface area contributed by atoms with Gasteiger partial charge in [0.2, 0.25) is 5.91 Å². The summed E-state index contributed by atoms with van der Waals surface area (Å²) in [5.74, 6) is 3.56. The molecule has 218 valence electrons. The summed E-state index contributed by atoms with van der Waals surface area (Å²) in [5.41, 5.74) is 2.34. The predicted molar refractivity (Wildman–Crippen MR) is 161 cm³/mol. The van der Waals surface area contributed by atoms with E-state index in [1.165, 1.54) is 50.6 Å². The van der Waals surface area contributed by atoms with Crippen LogP contribution in [0.3, 0.4) is 0 Å². The van der Waals surface area contributed by atoms with Crippen LogP contribution in [0.5, 0.6) is 0 Å². The zero-order valence-electron chi connectivity index (χ0n) is 24.2. The number of ether oxygens (including phenoxy) is 1. The van der Waals surface area contributed by atoms with Crippen molar-refractivity contribution < 1.29 is 9.53 Å². The number of amides is 1. The fourth-order valence-electron chi connectivity index (χ4n) is 7.13. The highest BCUT2D eigenvalue weighted by molar-refractivity contribution is 5.79. The molecule has 2 saturated carbocycles. The van der Waals surface area contributed by atoms with Gasteiger partial charge in [-0.05, 0) is 81.7 Å². The lowest BCUT2D eigenvalue weighted by atomic mass is 9.83. The van der Waals surface area contributed by atoms with Gasteiger partial charge < -0.3 is 24.8 Å². The number of aromatic nitrogens is 2. The molecule has 2 aliphatic carbocycles. The predicted octanol–water partition coefficient (Wildman–Crippen LogP) is 4.68. The van der Waals surface area contributed by atoms with Crippen LogP contribution in [0.25, 0.3) is 11.3 Å². The number of anilines is 2. The molecular weight excluding hydrogens is 500 g/mol. The minimum atomic E-state index is 0.280. The third-order valence-electron chi connectivity index (χ3n) is 9.76. The Balaban J connectivity index is 0.968. The first-order chi connectivity index (χ1) is 19.7. The van der Waals surface area contributed by atoms with Crippen LogP contribution in [-0.2, 0) is 9.53 Å². The SMILES string of the molecule is O=C(NC1CCC(CCN2CCN(c3cc(-c4ccc[nH]4)cc(N4CCOCC4)n3)CC2)CC1)C1CCCCC1. The zero-order chi connectivity index (χ0) is 27.1. The Labute approximate surface area is 239 Å². The van der Waals surface area contributed by atoms with E-state index in [0.717, 1.165) is 101 Å². The molecule has 2 saturated heterocycles. The van der Waals surface area contributed by atoms with E-state index in [1.807, 2.05) is 6.20 Å². The third-order valence-corrected chi connectivity index (χ3v) is 9.76. The van der Waals surface area contributed by atoms with E-state index in [-0.39, 0.29) is 5.92 Å². The van der Waals surface area contributed by atoms with Gasteiger partial charge >= 0.3 is 0 Å². The van der Waals surface area contributed by atoms with Crippen LogP contribution in [0.2, 0.25) is 0 Å². The van der Waals surface area contributed by atoms with E-state index in [0.29, 0.717) is 11.9 Å². The summed E-state index contributed by atoms with van der Waals surface area (Å²) in [5, 5.41) is 3.40. The number of pyridine rings is 1. The quantitative estimate of drug-likeness (QED) is 0.499. The maximum atomic E-state index is 12.7. The Hall–Kier alpha value is -2.58. The number of carbonyl (C=O) groups is 1. The number of rotatable bonds is 8. The number of piperazine rings is 1. The summed E-state index contributed by atoms with van der Waals surface area (Å²) in [6.07, 6.45) is 14.1. The summed E-state index contributed by atoms with van der Waals surface area (Å²) >= 11 is 0. The number of nitrogens with one attached hydrogen (secondary N) is 2. The van der Waals surface area contributed by atoms with Gasteiger partial charge in [-0.15, -0.1) is 0 Å². The molecule has 0 radical (unpaired) electrons. The molecule has 0 atom stereocenters. The molecule has 2 aromatic heterocycles. The molecule has 2 N–H and O–H groups in total. The maximum absolute atomic E-state index is 12.7. The number of nitrogens with zero attached hydrogens (tertiary/aromatic N) is 4. The minimum absolute atomic E-state index is 0.280. The Morgan fingerprint density at radius 1 is 0.900 bits per heavy atom. The van der Waals surface area contributed by atoms with Crippen molar-refractivity contribution in [1.82, 2.24) is 20.2 Å². The number of carbonyl (C=O) groups excluding carboxylic acids is 1. The van der Waals surface area contributed by atoms with Crippen LogP contribution in [0.15, 0.2) is 30.5 Å². The van der Waals surface area contributed by atoms with Crippen LogP contribution >= 0.6 is 0 Å². The number of H-pyrrole nitrogens is 1. The number of hydrogen-bond acceptors (Lipinski definition) is 6. The summed E-state index contributed by atoms with van der Waals surface area (Å²) in [6, 6.07) is 9.07. The van der Waals surface area contributed by atoms with Gasteiger partial charge in [-0.3, -0.25) is 9.69 Å². The van der Waals surface area contributed by atoms with Gasteiger partial charge in [-0.1, -0.05) is 19.3 Å². The lowest BCUT2D eigenvalue weighted by Gasteiger charge is -2.37. The molecule has 4 aliphatic rings. The molecule has 6 rings (SSSR count). The second-order valence-corrected chi connectivity index (χ2v) is 12.4. The van der Waals surface area contributed by atoms with E-state index in [2.05, 4.69) is 49.3 Å². The Bertz CT molecular complexity index is 1060. The van der Waals surface area contributed by atoms with E-state index in [1.54, 1.807) is 0 Å². The number of aromatic amines is 1. The highest BCUT2D eigenvalue weighted by Gasteiger charge is 2.27. The van der Waals surface area contributed by atoms with E-state index >= 15 is 0 Å². The highest BCUT2D eigenvalue weighted by atomic mass is 16.5. The first-order valence-electron chi connectivity index (χ1n) is 16.0. The Morgan fingerprint density at radius 2 is 1.60 bits per heavy atom. The standard InChI is InChI=1S/C32H48N6O2/c39-32(26-5-2-1-3-6-26)34-28-10-8-25(9-11-28)12-14-36-15-17-37(18-16-36)30-23-27(29-7-4-13-33-29)24-31(35-30)38-19-21-40-22-20-38/h4,7,13,23-26,28,33H,1-3,5-6,8-12,14-22H2,(H,34,39). The monoisotopic (exact) mass is 548 g/mol. The Morgan fingerprint density at radius 3 is 2.27 bits per heavy atom. The van der Waals surface area contributed by atoms with Gasteiger partial charge in [0.15, 0.2) is 0 Å². The van der Waals surface area contributed by atoms with Crippen molar-refractivity contribution in [1.29, 1.82) is 0 Å². The molecule has 0 aromatic carbocycles. The number of hydrogen-bond donors (Lipinski definition) is 2. The van der Waals surface area contributed by atoms with E-state index in [9.17, 15) is 4.79 Å². The van der Waals surface area contributed by atoms with Crippen molar-refractivity contribution in [2.75, 3.05) is 68.8 Å². The molecule has 40 heavy (non-hydrogen) atoms. The molecule has 2 aliphatic heterocycles. The van der Waals surface area contributed by atoms with Gasteiger partial charge in [0, 0.05) is 68.7 Å². The number of morpholine rings is 1. The normalized spacial score (nSPS) is 25.2. The van der Waals surface area contributed by atoms with Crippen molar-refractivity contribution in [2.24, 2.45) is 11.8 Å². The van der Waals surface area contributed by atoms with Gasteiger partial charge in [0.05, 0.1) is 13.2 Å². The molecule has 0 unspecified atom stereocenters. The lowest BCUT2D eigenvalue weighted by Crippen LogP contribution is -2.47. The first kappa shape index (κ1) is 27.6. The van der Waals surface area contributed by atoms with Crippen LogP contribution in [0.4, 0.5) is 11.6 Å². The minimum Gasteiger partial charge on any atom is -0.378 e. The van der Waals surface area contributed by atoms with Crippen LogP contribution < -0.4 is 15.1 Å². The van der Waals surface area contributed by atoms with Crippen molar-refractivity contribution in [3.63, 3.8) is 0 Å². The Kier molecular flexibility index (Phi) is 9.23. The van der Waals surface area contributed by atoms with Gasteiger partial charge in [-0.25, -0.2) is 4.98 Å². The van der Waals surface area contributed by atoms with Crippen LogP contribution in [0, 0.1) is 11.8 Å². The van der Waals surface area contributed by atoms with E-state index in [4.69, 9.17) is 9.72 Å². The van der Waals surface area contributed by atoms with Crippen molar-refractivity contribution in [3.05, 3.63) is 30.5 Å². The van der Waals surface area contributed by atoms with Gasteiger partial charge in [0.25, 0.3) is 0 Å².